The van der Waals surface area contributed by atoms with E-state index in [-0.39, 0.29) is 12.3 Å². The molecule has 2 rings (SSSR count). The fraction of sp³-hybridized carbons (Fsp3) is 0.455. The van der Waals surface area contributed by atoms with Crippen molar-refractivity contribution in [2.45, 2.75) is 25.6 Å². The standard InChI is InChI=1S/C11H13ClN4O2S/c1-7-14-10(18-16-7)2-3-13-9(17)4-11-15-8(5-12)6-19-11/h6H,2-5H2,1H3,(H,13,17). The zero-order valence-corrected chi connectivity index (χ0v) is 11.9. The molecule has 0 radical (unpaired) electrons. The van der Waals surface area contributed by atoms with Gasteiger partial charge in [0.15, 0.2) is 5.82 Å². The molecule has 6 nitrogen and oxygen atoms in total. The molecule has 0 fully saturated rings. The number of nitrogens with zero attached hydrogens (tertiary/aromatic N) is 3. The first-order valence-electron chi connectivity index (χ1n) is 5.72. The van der Waals surface area contributed by atoms with Crippen LogP contribution in [0.5, 0.6) is 0 Å². The smallest absolute Gasteiger partial charge is 0.228 e. The maximum absolute atomic E-state index is 11.7. The van der Waals surface area contributed by atoms with Gasteiger partial charge in [0.05, 0.1) is 18.0 Å². The molecule has 1 amide bonds. The molecule has 2 heterocycles. The van der Waals surface area contributed by atoms with Crippen LogP contribution in [-0.2, 0) is 23.5 Å². The first-order chi connectivity index (χ1) is 9.17. The van der Waals surface area contributed by atoms with Gasteiger partial charge in [-0.15, -0.1) is 22.9 Å². The lowest BCUT2D eigenvalue weighted by Crippen LogP contribution is -2.27. The van der Waals surface area contributed by atoms with E-state index in [1.54, 1.807) is 6.92 Å². The topological polar surface area (TPSA) is 80.9 Å². The third-order valence-electron chi connectivity index (χ3n) is 2.28. The predicted octanol–water partition coefficient (Wildman–Crippen LogP) is 1.47. The SMILES string of the molecule is Cc1noc(CCNC(=O)Cc2nc(CCl)cs2)n1. The number of carbonyl (C=O) groups is 1. The van der Waals surface area contributed by atoms with E-state index in [1.165, 1.54) is 11.3 Å². The van der Waals surface area contributed by atoms with Gasteiger partial charge in [-0.05, 0) is 6.92 Å². The fourth-order valence-electron chi connectivity index (χ4n) is 1.44. The number of hydrogen-bond donors (Lipinski definition) is 1. The van der Waals surface area contributed by atoms with Crippen molar-refractivity contribution in [1.82, 2.24) is 20.4 Å². The average Bonchev–Trinajstić information content (AvgIpc) is 2.98. The molecule has 0 aliphatic heterocycles. The van der Waals surface area contributed by atoms with Crippen molar-refractivity contribution in [3.63, 3.8) is 0 Å². The largest absolute Gasteiger partial charge is 0.355 e. The van der Waals surface area contributed by atoms with Crippen LogP contribution in [0.25, 0.3) is 0 Å². The molecule has 0 aliphatic carbocycles. The molecule has 0 aromatic carbocycles. The second-order valence-corrected chi connectivity index (χ2v) is 5.09. The highest BCUT2D eigenvalue weighted by molar-refractivity contribution is 7.09. The van der Waals surface area contributed by atoms with E-state index < -0.39 is 0 Å². The summed E-state index contributed by atoms with van der Waals surface area (Å²) in [6.07, 6.45) is 0.793. The second-order valence-electron chi connectivity index (χ2n) is 3.88. The van der Waals surface area contributed by atoms with Crippen molar-refractivity contribution >= 4 is 28.8 Å². The molecule has 0 unspecified atom stereocenters. The van der Waals surface area contributed by atoms with Gasteiger partial charge >= 0.3 is 0 Å². The van der Waals surface area contributed by atoms with Crippen molar-refractivity contribution in [3.05, 3.63) is 27.8 Å². The number of amides is 1. The number of carbonyl (C=O) groups excluding carboxylic acids is 1. The summed E-state index contributed by atoms with van der Waals surface area (Å²) in [7, 11) is 0. The van der Waals surface area contributed by atoms with E-state index in [1.807, 2.05) is 5.38 Å². The summed E-state index contributed by atoms with van der Waals surface area (Å²) in [6.45, 7) is 2.22. The maximum atomic E-state index is 11.7. The van der Waals surface area contributed by atoms with E-state index in [0.717, 1.165) is 10.7 Å². The van der Waals surface area contributed by atoms with E-state index >= 15 is 0 Å². The number of halogens is 1. The lowest BCUT2D eigenvalue weighted by Gasteiger charge is -2.01. The molecule has 102 valence electrons. The maximum Gasteiger partial charge on any atom is 0.228 e. The van der Waals surface area contributed by atoms with Crippen LogP contribution in [0.15, 0.2) is 9.90 Å². The normalized spacial score (nSPS) is 10.6. The highest BCUT2D eigenvalue weighted by atomic mass is 35.5. The van der Waals surface area contributed by atoms with E-state index in [2.05, 4.69) is 20.4 Å². The Balaban J connectivity index is 1.72. The van der Waals surface area contributed by atoms with Gasteiger partial charge in [0.25, 0.3) is 0 Å². The summed E-state index contributed by atoms with van der Waals surface area (Å²) in [5, 5.41) is 9.08. The summed E-state index contributed by atoms with van der Waals surface area (Å²) in [6, 6.07) is 0. The summed E-state index contributed by atoms with van der Waals surface area (Å²) in [5.74, 6) is 1.41. The molecule has 8 heteroatoms. The molecule has 2 aromatic heterocycles. The van der Waals surface area contributed by atoms with Crippen molar-refractivity contribution in [2.75, 3.05) is 6.54 Å². The van der Waals surface area contributed by atoms with Crippen molar-refractivity contribution < 1.29 is 9.32 Å². The van der Waals surface area contributed by atoms with Gasteiger partial charge in [-0.25, -0.2) is 4.98 Å². The Kier molecular flexibility index (Phi) is 4.86. The average molecular weight is 301 g/mol. The molecular formula is C11H13ClN4O2S. The Hall–Kier alpha value is -1.47. The van der Waals surface area contributed by atoms with E-state index in [0.29, 0.717) is 30.6 Å². The van der Waals surface area contributed by atoms with Crippen LogP contribution in [0, 0.1) is 6.92 Å². The number of hydrogen-bond acceptors (Lipinski definition) is 6. The summed E-state index contributed by atoms with van der Waals surface area (Å²) < 4.78 is 4.94. The minimum atomic E-state index is -0.0771. The molecule has 0 aliphatic rings. The van der Waals surface area contributed by atoms with Gasteiger partial charge in [0, 0.05) is 18.3 Å². The minimum absolute atomic E-state index is 0.0771. The van der Waals surface area contributed by atoms with Crippen molar-refractivity contribution in [1.29, 1.82) is 0 Å². The lowest BCUT2D eigenvalue weighted by atomic mass is 10.3. The Morgan fingerprint density at radius 1 is 1.53 bits per heavy atom. The first kappa shape index (κ1) is 14.0. The van der Waals surface area contributed by atoms with E-state index in [4.69, 9.17) is 16.1 Å². The molecule has 0 saturated heterocycles. The van der Waals surface area contributed by atoms with E-state index in [9.17, 15) is 4.79 Å². The fourth-order valence-corrected chi connectivity index (χ4v) is 2.46. The van der Waals surface area contributed by atoms with Crippen molar-refractivity contribution in [2.24, 2.45) is 0 Å². The molecule has 0 bridgehead atoms. The van der Waals surface area contributed by atoms with Gasteiger partial charge < -0.3 is 9.84 Å². The Morgan fingerprint density at radius 3 is 3.00 bits per heavy atom. The minimum Gasteiger partial charge on any atom is -0.355 e. The number of aryl methyl sites for hydroxylation is 1. The summed E-state index contributed by atoms with van der Waals surface area (Å²) in [5.41, 5.74) is 0.802. The molecule has 0 atom stereocenters. The summed E-state index contributed by atoms with van der Waals surface area (Å²) in [4.78, 5) is 19.9. The molecule has 0 saturated carbocycles. The molecular weight excluding hydrogens is 288 g/mol. The van der Waals surface area contributed by atoms with Crippen LogP contribution < -0.4 is 5.32 Å². The zero-order valence-electron chi connectivity index (χ0n) is 10.4. The molecule has 19 heavy (non-hydrogen) atoms. The number of rotatable bonds is 6. The second kappa shape index (κ2) is 6.63. The number of nitrogens with one attached hydrogen (secondary N) is 1. The van der Waals surface area contributed by atoms with Crippen LogP contribution in [0.1, 0.15) is 22.4 Å². The van der Waals surface area contributed by atoms with Gasteiger partial charge in [-0.3, -0.25) is 4.79 Å². The summed E-state index contributed by atoms with van der Waals surface area (Å²) >= 11 is 7.09. The third-order valence-corrected chi connectivity index (χ3v) is 3.45. The molecule has 2 aromatic rings. The zero-order chi connectivity index (χ0) is 13.7. The lowest BCUT2D eigenvalue weighted by molar-refractivity contribution is -0.120. The predicted molar refractivity (Wildman–Crippen MR) is 71.1 cm³/mol. The van der Waals surface area contributed by atoms with Crippen LogP contribution in [-0.4, -0.2) is 27.6 Å². The monoisotopic (exact) mass is 300 g/mol. The van der Waals surface area contributed by atoms with Crippen LogP contribution in [0.3, 0.4) is 0 Å². The van der Waals surface area contributed by atoms with Crippen molar-refractivity contribution in [3.8, 4) is 0 Å². The Morgan fingerprint density at radius 2 is 2.37 bits per heavy atom. The third kappa shape index (κ3) is 4.29. The number of alkyl halides is 1. The first-order valence-corrected chi connectivity index (χ1v) is 7.14. The van der Waals surface area contributed by atoms with Gasteiger partial charge in [-0.1, -0.05) is 5.16 Å². The number of thiazole rings is 1. The van der Waals surface area contributed by atoms with Gasteiger partial charge in [0.2, 0.25) is 11.8 Å². The molecule has 1 N–H and O–H groups in total. The quantitative estimate of drug-likeness (QED) is 0.817. The van der Waals surface area contributed by atoms with Crippen LogP contribution in [0.4, 0.5) is 0 Å². The highest BCUT2D eigenvalue weighted by Gasteiger charge is 2.08. The number of aromatic nitrogens is 3. The van der Waals surface area contributed by atoms with Gasteiger partial charge in [-0.2, -0.15) is 4.98 Å². The van der Waals surface area contributed by atoms with Gasteiger partial charge in [0.1, 0.15) is 5.01 Å². The Bertz CT molecular complexity index is 554. The molecule has 0 spiro atoms. The Labute approximate surface area is 119 Å². The highest BCUT2D eigenvalue weighted by Crippen LogP contribution is 2.11. The van der Waals surface area contributed by atoms with Crippen LogP contribution >= 0.6 is 22.9 Å². The van der Waals surface area contributed by atoms with Crippen LogP contribution in [0.2, 0.25) is 0 Å².